The van der Waals surface area contributed by atoms with E-state index in [2.05, 4.69) is 46.8 Å². The molecule has 0 aliphatic rings. The number of hydrogen-bond acceptors (Lipinski definition) is 3. The van der Waals surface area contributed by atoms with Crippen LogP contribution >= 0.6 is 0 Å². The van der Waals surface area contributed by atoms with Crippen molar-refractivity contribution in [3.63, 3.8) is 0 Å². The number of para-hydroxylation sites is 1. The molecule has 0 fully saturated rings. The van der Waals surface area contributed by atoms with Gasteiger partial charge in [0.25, 0.3) is 5.89 Å². The summed E-state index contributed by atoms with van der Waals surface area (Å²) in [5.74, 6) is 1.17. The summed E-state index contributed by atoms with van der Waals surface area (Å²) in [4.78, 5) is 0. The molecule has 2 heterocycles. The highest BCUT2D eigenvalue weighted by molar-refractivity contribution is 5.85. The Kier molecular flexibility index (Phi) is 2.44. The Morgan fingerprint density at radius 2 is 1.94 bits per heavy atom. The molecule has 0 N–H and O–H groups in total. The topological polar surface area (TPSA) is 43.9 Å². The molecule has 0 radical (unpaired) electrons. The van der Waals surface area contributed by atoms with E-state index in [4.69, 9.17) is 4.42 Å². The van der Waals surface area contributed by atoms with E-state index in [-0.39, 0.29) is 0 Å². The second-order valence-electron chi connectivity index (χ2n) is 4.68. The van der Waals surface area contributed by atoms with Crippen LogP contribution in [0.5, 0.6) is 0 Å². The maximum atomic E-state index is 5.55. The summed E-state index contributed by atoms with van der Waals surface area (Å²) in [5, 5.41) is 9.21. The smallest absolute Gasteiger partial charge is 0.264 e. The van der Waals surface area contributed by atoms with Gasteiger partial charge in [-0.2, -0.15) is 0 Å². The summed E-state index contributed by atoms with van der Waals surface area (Å²) in [6.45, 7) is 6.11. The Balaban J connectivity index is 2.31. The Labute approximate surface area is 105 Å². The number of nitrogens with zero attached hydrogens (tertiary/aromatic N) is 3. The van der Waals surface area contributed by atoms with Gasteiger partial charge in [0.2, 0.25) is 5.89 Å². The minimum absolute atomic E-state index is 0.340. The number of aromatic nitrogens is 3. The first-order chi connectivity index (χ1) is 8.66. The standard InChI is InChI=1S/C14H15N3O/c1-9(2)17-12-7-5-4-6-11(12)8-13(17)14-16-15-10(3)18-14/h4-9H,1-3H3. The van der Waals surface area contributed by atoms with Crippen LogP contribution in [0.4, 0.5) is 0 Å². The van der Waals surface area contributed by atoms with Crippen LogP contribution in [0.25, 0.3) is 22.5 Å². The monoisotopic (exact) mass is 241 g/mol. The molecule has 0 amide bonds. The molecular weight excluding hydrogens is 226 g/mol. The zero-order chi connectivity index (χ0) is 12.7. The fourth-order valence-corrected chi connectivity index (χ4v) is 2.30. The molecule has 3 aromatic rings. The van der Waals surface area contributed by atoms with Crippen LogP contribution in [0, 0.1) is 6.92 Å². The van der Waals surface area contributed by atoms with Crippen LogP contribution in [0.1, 0.15) is 25.8 Å². The summed E-state index contributed by atoms with van der Waals surface area (Å²) < 4.78 is 7.77. The second-order valence-corrected chi connectivity index (χ2v) is 4.68. The van der Waals surface area contributed by atoms with Gasteiger partial charge < -0.3 is 8.98 Å². The van der Waals surface area contributed by atoms with Crippen molar-refractivity contribution in [1.29, 1.82) is 0 Å². The van der Waals surface area contributed by atoms with Crippen molar-refractivity contribution in [2.24, 2.45) is 0 Å². The van der Waals surface area contributed by atoms with Crippen LogP contribution in [0.3, 0.4) is 0 Å². The lowest BCUT2D eigenvalue weighted by molar-refractivity contribution is 0.521. The molecule has 1 aromatic carbocycles. The van der Waals surface area contributed by atoms with Gasteiger partial charge in [-0.1, -0.05) is 18.2 Å². The van der Waals surface area contributed by atoms with Crippen LogP contribution in [0.2, 0.25) is 0 Å². The zero-order valence-electron chi connectivity index (χ0n) is 10.7. The van der Waals surface area contributed by atoms with Gasteiger partial charge in [-0.15, -0.1) is 10.2 Å². The summed E-state index contributed by atoms with van der Waals surface area (Å²) in [6.07, 6.45) is 0. The van der Waals surface area contributed by atoms with Gasteiger partial charge in [-0.3, -0.25) is 0 Å². The first-order valence-corrected chi connectivity index (χ1v) is 6.07. The van der Waals surface area contributed by atoms with Gasteiger partial charge in [0.15, 0.2) is 0 Å². The molecule has 0 aliphatic heterocycles. The van der Waals surface area contributed by atoms with Gasteiger partial charge >= 0.3 is 0 Å². The van der Waals surface area contributed by atoms with Crippen molar-refractivity contribution in [3.8, 4) is 11.6 Å². The van der Waals surface area contributed by atoms with Crippen LogP contribution in [-0.4, -0.2) is 14.8 Å². The van der Waals surface area contributed by atoms with Gasteiger partial charge in [0.1, 0.15) is 5.69 Å². The molecule has 0 saturated carbocycles. The highest BCUT2D eigenvalue weighted by atomic mass is 16.4. The molecule has 18 heavy (non-hydrogen) atoms. The Bertz CT molecular complexity index is 694. The maximum Gasteiger partial charge on any atom is 0.264 e. The van der Waals surface area contributed by atoms with Gasteiger partial charge in [-0.05, 0) is 26.0 Å². The summed E-state index contributed by atoms with van der Waals surface area (Å²) in [5.41, 5.74) is 2.17. The minimum atomic E-state index is 0.340. The fourth-order valence-electron chi connectivity index (χ4n) is 2.30. The average Bonchev–Trinajstić information content (AvgIpc) is 2.91. The Hall–Kier alpha value is -2.10. The van der Waals surface area contributed by atoms with Gasteiger partial charge in [0.05, 0.1) is 0 Å². The molecule has 2 aromatic heterocycles. The molecular formula is C14H15N3O. The lowest BCUT2D eigenvalue weighted by Crippen LogP contribution is -2.02. The van der Waals surface area contributed by atoms with Crippen LogP contribution < -0.4 is 0 Å². The molecule has 4 nitrogen and oxygen atoms in total. The zero-order valence-corrected chi connectivity index (χ0v) is 10.7. The largest absolute Gasteiger partial charge is 0.420 e. The highest BCUT2D eigenvalue weighted by Crippen LogP contribution is 2.30. The molecule has 4 heteroatoms. The third kappa shape index (κ3) is 1.61. The number of benzene rings is 1. The average molecular weight is 241 g/mol. The summed E-state index contributed by atoms with van der Waals surface area (Å²) in [7, 11) is 0. The van der Waals surface area contributed by atoms with Crippen molar-refractivity contribution < 1.29 is 4.42 Å². The summed E-state index contributed by atoms with van der Waals surface area (Å²) in [6, 6.07) is 10.7. The van der Waals surface area contributed by atoms with E-state index >= 15 is 0 Å². The van der Waals surface area contributed by atoms with Crippen LogP contribution in [0.15, 0.2) is 34.7 Å². The molecule has 0 bridgehead atoms. The van der Waals surface area contributed by atoms with Gasteiger partial charge in [0, 0.05) is 23.9 Å². The molecule has 0 unspecified atom stereocenters. The highest BCUT2D eigenvalue weighted by Gasteiger charge is 2.16. The third-order valence-electron chi connectivity index (χ3n) is 3.01. The molecule has 3 rings (SSSR count). The quantitative estimate of drug-likeness (QED) is 0.688. The van der Waals surface area contributed by atoms with Crippen molar-refractivity contribution in [2.45, 2.75) is 26.8 Å². The predicted octanol–water partition coefficient (Wildman–Crippen LogP) is 3.58. The lowest BCUT2D eigenvalue weighted by atomic mass is 10.2. The molecule has 0 atom stereocenters. The third-order valence-corrected chi connectivity index (χ3v) is 3.01. The van der Waals surface area contributed by atoms with E-state index in [9.17, 15) is 0 Å². The fraction of sp³-hybridized carbons (Fsp3) is 0.286. The van der Waals surface area contributed by atoms with Crippen molar-refractivity contribution in [3.05, 3.63) is 36.2 Å². The van der Waals surface area contributed by atoms with E-state index in [1.807, 2.05) is 12.1 Å². The second kappa shape index (κ2) is 3.98. The molecule has 0 aliphatic carbocycles. The first kappa shape index (κ1) is 11.0. The SMILES string of the molecule is Cc1nnc(-c2cc3ccccc3n2C(C)C)o1. The number of rotatable bonds is 2. The van der Waals surface area contributed by atoms with E-state index in [0.29, 0.717) is 17.8 Å². The molecule has 92 valence electrons. The number of fused-ring (bicyclic) bond motifs is 1. The van der Waals surface area contributed by atoms with E-state index < -0.39 is 0 Å². The van der Waals surface area contributed by atoms with E-state index in [1.54, 1.807) is 6.92 Å². The number of hydrogen-bond donors (Lipinski definition) is 0. The van der Waals surface area contributed by atoms with E-state index in [0.717, 1.165) is 5.69 Å². The Morgan fingerprint density at radius 3 is 2.61 bits per heavy atom. The molecule has 0 saturated heterocycles. The van der Waals surface area contributed by atoms with Gasteiger partial charge in [-0.25, -0.2) is 0 Å². The first-order valence-electron chi connectivity index (χ1n) is 6.07. The lowest BCUT2D eigenvalue weighted by Gasteiger charge is -2.12. The maximum absolute atomic E-state index is 5.55. The van der Waals surface area contributed by atoms with E-state index in [1.165, 1.54) is 10.9 Å². The van der Waals surface area contributed by atoms with Crippen LogP contribution in [-0.2, 0) is 0 Å². The van der Waals surface area contributed by atoms with Crippen molar-refractivity contribution >= 4 is 10.9 Å². The Morgan fingerprint density at radius 1 is 1.17 bits per heavy atom. The van der Waals surface area contributed by atoms with Crippen molar-refractivity contribution in [2.75, 3.05) is 0 Å². The normalized spacial score (nSPS) is 11.6. The predicted molar refractivity (Wildman–Crippen MR) is 70.4 cm³/mol. The number of aryl methyl sites for hydroxylation is 1. The van der Waals surface area contributed by atoms with Crippen molar-refractivity contribution in [1.82, 2.24) is 14.8 Å². The molecule has 0 spiro atoms. The summed E-state index contributed by atoms with van der Waals surface area (Å²) >= 11 is 0. The minimum Gasteiger partial charge on any atom is -0.420 e.